The zero-order chi connectivity index (χ0) is 10.4. The molecule has 0 bridgehead atoms. The lowest BCUT2D eigenvalue weighted by Crippen LogP contribution is -2.49. The Bertz CT molecular complexity index is 150. The SMILES string of the molecule is CC(C)CCCNC1(C)CCCOC1. The largest absolute Gasteiger partial charge is 0.380 e. The van der Waals surface area contributed by atoms with Gasteiger partial charge in [-0.25, -0.2) is 0 Å². The molecule has 0 aromatic heterocycles. The highest BCUT2D eigenvalue weighted by Crippen LogP contribution is 2.18. The van der Waals surface area contributed by atoms with Crippen LogP contribution in [0.1, 0.15) is 46.5 Å². The molecule has 1 atom stereocenters. The molecule has 1 unspecified atom stereocenters. The van der Waals surface area contributed by atoms with E-state index in [1.54, 1.807) is 0 Å². The third-order valence-electron chi connectivity index (χ3n) is 2.95. The molecule has 2 heteroatoms. The van der Waals surface area contributed by atoms with Crippen LogP contribution in [-0.4, -0.2) is 25.3 Å². The van der Waals surface area contributed by atoms with Gasteiger partial charge in [-0.15, -0.1) is 0 Å². The minimum absolute atomic E-state index is 0.245. The van der Waals surface area contributed by atoms with Gasteiger partial charge < -0.3 is 10.1 Å². The van der Waals surface area contributed by atoms with Crippen LogP contribution in [0.15, 0.2) is 0 Å². The van der Waals surface area contributed by atoms with Crippen LogP contribution in [0, 0.1) is 5.92 Å². The van der Waals surface area contributed by atoms with Crippen molar-refractivity contribution < 1.29 is 4.74 Å². The standard InChI is InChI=1S/C12H25NO/c1-11(2)6-4-8-13-12(3)7-5-9-14-10-12/h11,13H,4-10H2,1-3H3. The molecule has 0 amide bonds. The van der Waals surface area contributed by atoms with Crippen LogP contribution in [0.5, 0.6) is 0 Å². The summed E-state index contributed by atoms with van der Waals surface area (Å²) in [5.74, 6) is 0.826. The van der Waals surface area contributed by atoms with Crippen LogP contribution in [0.3, 0.4) is 0 Å². The van der Waals surface area contributed by atoms with Crippen molar-refractivity contribution >= 4 is 0 Å². The van der Waals surface area contributed by atoms with E-state index in [2.05, 4.69) is 26.1 Å². The van der Waals surface area contributed by atoms with Gasteiger partial charge in [0.05, 0.1) is 6.61 Å². The molecular formula is C12H25NO. The fraction of sp³-hybridized carbons (Fsp3) is 1.00. The summed E-state index contributed by atoms with van der Waals surface area (Å²) in [6.45, 7) is 9.81. The zero-order valence-electron chi connectivity index (χ0n) is 9.94. The first kappa shape index (κ1) is 12.0. The van der Waals surface area contributed by atoms with Crippen molar-refractivity contribution in [2.75, 3.05) is 19.8 Å². The molecule has 0 aromatic carbocycles. The lowest BCUT2D eigenvalue weighted by Gasteiger charge is -2.34. The highest BCUT2D eigenvalue weighted by atomic mass is 16.5. The summed E-state index contributed by atoms with van der Waals surface area (Å²) in [7, 11) is 0. The Balaban J connectivity index is 2.09. The topological polar surface area (TPSA) is 21.3 Å². The molecule has 1 fully saturated rings. The van der Waals surface area contributed by atoms with E-state index >= 15 is 0 Å². The average molecular weight is 199 g/mol. The van der Waals surface area contributed by atoms with Crippen molar-refractivity contribution in [3.05, 3.63) is 0 Å². The molecule has 84 valence electrons. The molecule has 0 spiro atoms. The van der Waals surface area contributed by atoms with Crippen LogP contribution in [0.25, 0.3) is 0 Å². The van der Waals surface area contributed by atoms with Crippen molar-refractivity contribution in [1.29, 1.82) is 0 Å². The average Bonchev–Trinajstić information content (AvgIpc) is 2.14. The Labute approximate surface area is 88.4 Å². The van der Waals surface area contributed by atoms with Gasteiger partial charge in [-0.2, -0.15) is 0 Å². The maximum Gasteiger partial charge on any atom is 0.0645 e. The summed E-state index contributed by atoms with van der Waals surface area (Å²) < 4.78 is 5.50. The molecule has 0 radical (unpaired) electrons. The van der Waals surface area contributed by atoms with Gasteiger partial charge in [-0.3, -0.25) is 0 Å². The van der Waals surface area contributed by atoms with Gasteiger partial charge in [0.1, 0.15) is 0 Å². The molecule has 1 N–H and O–H groups in total. The summed E-state index contributed by atoms with van der Waals surface area (Å²) in [5, 5.41) is 3.63. The third-order valence-corrected chi connectivity index (χ3v) is 2.95. The van der Waals surface area contributed by atoms with Crippen LogP contribution < -0.4 is 5.32 Å². The Morgan fingerprint density at radius 3 is 2.79 bits per heavy atom. The minimum Gasteiger partial charge on any atom is -0.380 e. The van der Waals surface area contributed by atoms with Gasteiger partial charge in [0.15, 0.2) is 0 Å². The Hall–Kier alpha value is -0.0800. The van der Waals surface area contributed by atoms with E-state index < -0.39 is 0 Å². The summed E-state index contributed by atoms with van der Waals surface area (Å²) in [6.07, 6.45) is 5.07. The lowest BCUT2D eigenvalue weighted by molar-refractivity contribution is 0.0285. The smallest absolute Gasteiger partial charge is 0.0645 e. The molecule has 2 nitrogen and oxygen atoms in total. The van der Waals surface area contributed by atoms with Gasteiger partial charge >= 0.3 is 0 Å². The summed E-state index contributed by atoms with van der Waals surface area (Å²) in [6, 6.07) is 0. The second-order valence-corrected chi connectivity index (χ2v) is 5.18. The molecule has 1 rings (SSSR count). The van der Waals surface area contributed by atoms with Crippen LogP contribution in [0.2, 0.25) is 0 Å². The fourth-order valence-electron chi connectivity index (χ4n) is 1.97. The van der Waals surface area contributed by atoms with Crippen molar-refractivity contribution in [3.8, 4) is 0 Å². The highest BCUT2D eigenvalue weighted by Gasteiger charge is 2.26. The number of hydrogen-bond donors (Lipinski definition) is 1. The van der Waals surface area contributed by atoms with Crippen molar-refractivity contribution in [1.82, 2.24) is 5.32 Å². The van der Waals surface area contributed by atoms with E-state index in [1.165, 1.54) is 25.7 Å². The number of rotatable bonds is 5. The van der Waals surface area contributed by atoms with E-state index in [-0.39, 0.29) is 5.54 Å². The molecule has 1 aliphatic rings. The zero-order valence-corrected chi connectivity index (χ0v) is 9.94. The number of nitrogens with one attached hydrogen (secondary N) is 1. The van der Waals surface area contributed by atoms with Gasteiger partial charge in [-0.05, 0) is 45.1 Å². The molecule has 1 aliphatic heterocycles. The van der Waals surface area contributed by atoms with E-state index in [4.69, 9.17) is 4.74 Å². The summed E-state index contributed by atoms with van der Waals surface area (Å²) in [5.41, 5.74) is 0.245. The normalized spacial score (nSPS) is 28.3. The highest BCUT2D eigenvalue weighted by molar-refractivity contribution is 4.85. The fourth-order valence-corrected chi connectivity index (χ4v) is 1.97. The Morgan fingerprint density at radius 1 is 1.43 bits per heavy atom. The third kappa shape index (κ3) is 4.43. The van der Waals surface area contributed by atoms with Gasteiger partial charge in [0, 0.05) is 12.1 Å². The number of hydrogen-bond acceptors (Lipinski definition) is 2. The Morgan fingerprint density at radius 2 is 2.21 bits per heavy atom. The van der Waals surface area contributed by atoms with E-state index in [0.717, 1.165) is 25.7 Å². The molecule has 0 aliphatic carbocycles. The maximum atomic E-state index is 5.50. The monoisotopic (exact) mass is 199 g/mol. The van der Waals surface area contributed by atoms with Crippen LogP contribution >= 0.6 is 0 Å². The molecule has 1 heterocycles. The predicted octanol–water partition coefficient (Wildman–Crippen LogP) is 2.58. The van der Waals surface area contributed by atoms with Gasteiger partial charge in [0.2, 0.25) is 0 Å². The second-order valence-electron chi connectivity index (χ2n) is 5.18. The first-order valence-electron chi connectivity index (χ1n) is 5.95. The van der Waals surface area contributed by atoms with Gasteiger partial charge in [-0.1, -0.05) is 13.8 Å². The van der Waals surface area contributed by atoms with E-state index in [9.17, 15) is 0 Å². The van der Waals surface area contributed by atoms with Crippen molar-refractivity contribution in [2.24, 2.45) is 5.92 Å². The maximum absolute atomic E-state index is 5.50. The molecule has 1 saturated heterocycles. The first-order valence-corrected chi connectivity index (χ1v) is 5.95. The predicted molar refractivity (Wildman–Crippen MR) is 60.5 cm³/mol. The van der Waals surface area contributed by atoms with E-state index in [1.807, 2.05) is 0 Å². The van der Waals surface area contributed by atoms with Crippen LogP contribution in [0.4, 0.5) is 0 Å². The van der Waals surface area contributed by atoms with Crippen molar-refractivity contribution in [3.63, 3.8) is 0 Å². The molecule has 0 saturated carbocycles. The molecular weight excluding hydrogens is 174 g/mol. The minimum atomic E-state index is 0.245. The van der Waals surface area contributed by atoms with Gasteiger partial charge in [0.25, 0.3) is 0 Å². The Kier molecular flexibility index (Phi) is 4.90. The summed E-state index contributed by atoms with van der Waals surface area (Å²) in [4.78, 5) is 0. The summed E-state index contributed by atoms with van der Waals surface area (Å²) >= 11 is 0. The number of ether oxygens (including phenoxy) is 1. The lowest BCUT2D eigenvalue weighted by atomic mass is 9.94. The second kappa shape index (κ2) is 5.72. The molecule has 0 aromatic rings. The van der Waals surface area contributed by atoms with Crippen LogP contribution in [-0.2, 0) is 4.74 Å². The quantitative estimate of drug-likeness (QED) is 0.687. The molecule has 14 heavy (non-hydrogen) atoms. The van der Waals surface area contributed by atoms with E-state index in [0.29, 0.717) is 0 Å². The first-order chi connectivity index (χ1) is 6.62. The van der Waals surface area contributed by atoms with Crippen molar-refractivity contribution in [2.45, 2.75) is 52.0 Å².